The predicted octanol–water partition coefficient (Wildman–Crippen LogP) is 3.43. The van der Waals surface area contributed by atoms with Crippen LogP contribution in [0.1, 0.15) is 18.1 Å². The zero-order valence-corrected chi connectivity index (χ0v) is 10.7. The van der Waals surface area contributed by atoms with Gasteiger partial charge in [-0.25, -0.2) is 4.39 Å². The van der Waals surface area contributed by atoms with E-state index in [0.717, 1.165) is 5.56 Å². The summed E-state index contributed by atoms with van der Waals surface area (Å²) < 4.78 is 14.0. The predicted molar refractivity (Wildman–Crippen MR) is 73.9 cm³/mol. The summed E-state index contributed by atoms with van der Waals surface area (Å²) in [5.74, 6) is -0.431. The lowest BCUT2D eigenvalue weighted by atomic mass is 9.78. The zero-order chi connectivity index (χ0) is 13.9. The monoisotopic (exact) mass is 254 g/mol. The highest BCUT2D eigenvalue weighted by Gasteiger charge is 2.29. The number of nitrogens with two attached hydrogens (primary N) is 1. The van der Waals surface area contributed by atoms with Gasteiger partial charge in [0.2, 0.25) is 0 Å². The molecule has 1 unspecified atom stereocenters. The molecular weight excluding hydrogens is 239 g/mol. The molecule has 0 aliphatic heterocycles. The van der Waals surface area contributed by atoms with Gasteiger partial charge in [-0.3, -0.25) is 0 Å². The van der Waals surface area contributed by atoms with Crippen molar-refractivity contribution in [3.05, 3.63) is 65.5 Å². The molecule has 19 heavy (non-hydrogen) atoms. The molecule has 0 aliphatic rings. The van der Waals surface area contributed by atoms with Crippen LogP contribution < -0.4 is 5.73 Å². The Labute approximate surface area is 112 Å². The molecule has 0 bridgehead atoms. The molecular formula is C16H15FN2. The summed E-state index contributed by atoms with van der Waals surface area (Å²) in [6, 6.07) is 16.3. The van der Waals surface area contributed by atoms with Gasteiger partial charge in [-0.05, 0) is 31.0 Å². The average molecular weight is 254 g/mol. The molecule has 0 amide bonds. The molecule has 0 heterocycles. The smallest absolute Gasteiger partial charge is 0.130 e. The molecule has 0 saturated heterocycles. The van der Waals surface area contributed by atoms with Gasteiger partial charge in [-0.15, -0.1) is 0 Å². The number of nitrogens with zero attached hydrogens (tertiary/aromatic N) is 1. The molecule has 2 aromatic carbocycles. The molecule has 2 N–H and O–H groups in total. The normalized spacial score (nSPS) is 13.5. The fourth-order valence-electron chi connectivity index (χ4n) is 2.18. The summed E-state index contributed by atoms with van der Waals surface area (Å²) in [6.07, 6.45) is 0.463. The molecule has 2 aromatic rings. The van der Waals surface area contributed by atoms with E-state index in [1.54, 1.807) is 19.1 Å². The zero-order valence-electron chi connectivity index (χ0n) is 10.7. The number of nitrogen functional groups attached to an aromatic ring is 1. The standard InChI is InChI=1S/C16H15FN2/c1-16(11-18,10-12-5-3-2-4-6-12)14-8-7-13(19)9-15(14)17/h2-9H,10,19H2,1H3. The van der Waals surface area contributed by atoms with Crippen LogP contribution in [0.5, 0.6) is 0 Å². The summed E-state index contributed by atoms with van der Waals surface area (Å²) in [5, 5.41) is 9.45. The van der Waals surface area contributed by atoms with E-state index < -0.39 is 11.2 Å². The Morgan fingerprint density at radius 1 is 1.21 bits per heavy atom. The quantitative estimate of drug-likeness (QED) is 0.853. The lowest BCUT2D eigenvalue weighted by molar-refractivity contribution is 0.535. The molecule has 3 heteroatoms. The number of nitriles is 1. The summed E-state index contributed by atoms with van der Waals surface area (Å²) in [4.78, 5) is 0. The Morgan fingerprint density at radius 3 is 2.47 bits per heavy atom. The number of benzene rings is 2. The van der Waals surface area contributed by atoms with E-state index in [1.807, 2.05) is 30.3 Å². The molecule has 1 atom stereocenters. The van der Waals surface area contributed by atoms with E-state index in [2.05, 4.69) is 6.07 Å². The minimum absolute atomic E-state index is 0.362. The first-order valence-corrected chi connectivity index (χ1v) is 6.06. The third kappa shape index (κ3) is 2.74. The van der Waals surface area contributed by atoms with Gasteiger partial charge in [0.15, 0.2) is 0 Å². The second-order valence-corrected chi connectivity index (χ2v) is 4.85. The van der Waals surface area contributed by atoms with Crippen molar-refractivity contribution in [3.63, 3.8) is 0 Å². The van der Waals surface area contributed by atoms with Crippen LogP contribution in [0.25, 0.3) is 0 Å². The molecule has 2 rings (SSSR count). The van der Waals surface area contributed by atoms with Crippen LogP contribution in [0.4, 0.5) is 10.1 Å². The third-order valence-corrected chi connectivity index (χ3v) is 3.23. The van der Waals surface area contributed by atoms with Crippen LogP contribution in [0.15, 0.2) is 48.5 Å². The van der Waals surface area contributed by atoms with Gasteiger partial charge in [-0.1, -0.05) is 36.4 Å². The molecule has 0 aliphatic carbocycles. The Hall–Kier alpha value is -2.34. The highest BCUT2D eigenvalue weighted by molar-refractivity contribution is 5.45. The van der Waals surface area contributed by atoms with E-state index in [4.69, 9.17) is 5.73 Å². The Balaban J connectivity index is 2.40. The third-order valence-electron chi connectivity index (χ3n) is 3.23. The van der Waals surface area contributed by atoms with Gasteiger partial charge in [0.1, 0.15) is 5.82 Å². The Morgan fingerprint density at radius 2 is 1.89 bits per heavy atom. The lowest BCUT2D eigenvalue weighted by Gasteiger charge is -2.23. The summed E-state index contributed by atoms with van der Waals surface area (Å²) in [6.45, 7) is 1.74. The maximum absolute atomic E-state index is 14.0. The van der Waals surface area contributed by atoms with E-state index >= 15 is 0 Å². The summed E-state index contributed by atoms with van der Waals surface area (Å²) in [7, 11) is 0. The Bertz CT molecular complexity index is 616. The number of hydrogen-bond donors (Lipinski definition) is 1. The van der Waals surface area contributed by atoms with E-state index in [0.29, 0.717) is 17.7 Å². The van der Waals surface area contributed by atoms with Crippen LogP contribution in [-0.4, -0.2) is 0 Å². The fourth-order valence-corrected chi connectivity index (χ4v) is 2.18. The topological polar surface area (TPSA) is 49.8 Å². The first-order chi connectivity index (χ1) is 9.05. The second kappa shape index (κ2) is 5.11. The molecule has 96 valence electrons. The van der Waals surface area contributed by atoms with E-state index in [-0.39, 0.29) is 0 Å². The average Bonchev–Trinajstić information content (AvgIpc) is 2.39. The first-order valence-electron chi connectivity index (χ1n) is 6.06. The fraction of sp³-hybridized carbons (Fsp3) is 0.188. The van der Waals surface area contributed by atoms with Crippen molar-refractivity contribution in [2.24, 2.45) is 0 Å². The number of rotatable bonds is 3. The number of anilines is 1. The first kappa shape index (κ1) is 13.1. The highest BCUT2D eigenvalue weighted by atomic mass is 19.1. The molecule has 0 spiro atoms. The Kier molecular flexibility index (Phi) is 3.52. The van der Waals surface area contributed by atoms with Crippen molar-refractivity contribution in [1.82, 2.24) is 0 Å². The van der Waals surface area contributed by atoms with Crippen LogP contribution in [0, 0.1) is 17.1 Å². The maximum atomic E-state index is 14.0. The second-order valence-electron chi connectivity index (χ2n) is 4.85. The minimum atomic E-state index is -0.904. The molecule has 2 nitrogen and oxygen atoms in total. The minimum Gasteiger partial charge on any atom is -0.399 e. The maximum Gasteiger partial charge on any atom is 0.130 e. The SMILES string of the molecule is CC(C#N)(Cc1ccccc1)c1ccc(N)cc1F. The summed E-state index contributed by atoms with van der Waals surface area (Å²) in [5.41, 5.74) is 6.39. The van der Waals surface area contributed by atoms with Crippen molar-refractivity contribution in [3.8, 4) is 6.07 Å². The molecule has 0 fully saturated rings. The van der Waals surface area contributed by atoms with Crippen molar-refractivity contribution in [2.45, 2.75) is 18.8 Å². The van der Waals surface area contributed by atoms with Crippen LogP contribution in [0.2, 0.25) is 0 Å². The van der Waals surface area contributed by atoms with Crippen LogP contribution >= 0.6 is 0 Å². The van der Waals surface area contributed by atoms with Gasteiger partial charge in [0, 0.05) is 11.3 Å². The van der Waals surface area contributed by atoms with Gasteiger partial charge in [-0.2, -0.15) is 5.26 Å². The largest absolute Gasteiger partial charge is 0.399 e. The molecule has 0 radical (unpaired) electrons. The number of hydrogen-bond acceptors (Lipinski definition) is 2. The van der Waals surface area contributed by atoms with E-state index in [9.17, 15) is 9.65 Å². The van der Waals surface area contributed by atoms with Crippen molar-refractivity contribution >= 4 is 5.69 Å². The van der Waals surface area contributed by atoms with Gasteiger partial charge < -0.3 is 5.73 Å². The van der Waals surface area contributed by atoms with Gasteiger partial charge in [0.05, 0.1) is 11.5 Å². The van der Waals surface area contributed by atoms with Crippen LogP contribution in [0.3, 0.4) is 0 Å². The number of halogens is 1. The molecule has 0 saturated carbocycles. The van der Waals surface area contributed by atoms with Crippen molar-refractivity contribution < 1.29 is 4.39 Å². The van der Waals surface area contributed by atoms with Gasteiger partial charge >= 0.3 is 0 Å². The van der Waals surface area contributed by atoms with Crippen molar-refractivity contribution in [1.29, 1.82) is 5.26 Å². The van der Waals surface area contributed by atoms with Gasteiger partial charge in [0.25, 0.3) is 0 Å². The highest BCUT2D eigenvalue weighted by Crippen LogP contribution is 2.30. The lowest BCUT2D eigenvalue weighted by Crippen LogP contribution is -2.24. The van der Waals surface area contributed by atoms with Crippen LogP contribution in [-0.2, 0) is 11.8 Å². The van der Waals surface area contributed by atoms with Crippen molar-refractivity contribution in [2.75, 3.05) is 5.73 Å². The van der Waals surface area contributed by atoms with E-state index in [1.165, 1.54) is 6.07 Å². The molecule has 0 aromatic heterocycles. The summed E-state index contributed by atoms with van der Waals surface area (Å²) >= 11 is 0.